The first-order valence-electron chi connectivity index (χ1n) is 50.0. The lowest BCUT2D eigenvalue weighted by molar-refractivity contribution is 1.29. The molecule has 28 aromatic rings. The molecule has 4 nitrogen and oxygen atoms in total. The first-order chi connectivity index (χ1) is 72.4. The van der Waals surface area contributed by atoms with Gasteiger partial charge in [-0.25, -0.2) is 0 Å². The number of benzene rings is 26. The third kappa shape index (κ3) is 15.8. The van der Waals surface area contributed by atoms with E-state index < -0.39 is 0 Å². The van der Waals surface area contributed by atoms with Crippen molar-refractivity contribution in [1.82, 2.24) is 0 Å². The molecule has 6 heteroatoms. The molecule has 0 fully saturated rings. The highest BCUT2D eigenvalue weighted by Gasteiger charge is 2.25. The van der Waals surface area contributed by atoms with Gasteiger partial charge >= 0.3 is 0 Å². The Morgan fingerprint density at radius 2 is 0.349 bits per heavy atom. The van der Waals surface area contributed by atoms with Gasteiger partial charge in [0.15, 0.2) is 0 Å². The van der Waals surface area contributed by atoms with Crippen molar-refractivity contribution in [3.8, 4) is 66.8 Å². The Hall–Kier alpha value is -18.6. The van der Waals surface area contributed by atoms with Crippen molar-refractivity contribution >= 4 is 217 Å². The van der Waals surface area contributed by atoms with E-state index >= 15 is 0 Å². The Morgan fingerprint density at radius 1 is 0.110 bits per heavy atom. The molecule has 684 valence electrons. The predicted molar refractivity (Wildman–Crippen MR) is 630 cm³/mol. The zero-order valence-electron chi connectivity index (χ0n) is 79.7. The SMILES string of the molecule is c1ccc(N(c2ccc(-c3ccc(N(c4ccc(-c5ccc(-c6ccc7sc8ccccc8c7c6)cc5)cc4)c4ccc5c6ccccc6c6ccccc6c5c4)cc3)cc2)c2cccc3ccccc23)cc1.c1ccc(N(c2ccccc2)c2ccc(-c3ccc(N(c4ccc(-c5ccc(-c6ccc7sc8ccccc8c7c6)cc5)cc4)c4ccc5c6ccccc6c6ccccc6c5c4)cc3)c3ccccc23)cc1. The molecule has 0 atom stereocenters. The van der Waals surface area contributed by atoms with Crippen LogP contribution in [0.4, 0.5) is 68.2 Å². The molecule has 28 rings (SSSR count). The molecule has 146 heavy (non-hydrogen) atoms. The molecule has 0 N–H and O–H groups in total. The van der Waals surface area contributed by atoms with E-state index in [0.717, 1.165) is 84.9 Å². The Labute approximate surface area is 855 Å². The summed E-state index contributed by atoms with van der Waals surface area (Å²) in [6.07, 6.45) is 0. The molecule has 0 unspecified atom stereocenters. The van der Waals surface area contributed by atoms with Crippen molar-refractivity contribution in [3.05, 3.63) is 558 Å². The van der Waals surface area contributed by atoms with Crippen LogP contribution in [0.25, 0.3) is 193 Å². The minimum absolute atomic E-state index is 1.08. The number of fused-ring (bicyclic) bond motifs is 20. The maximum absolute atomic E-state index is 2.41. The van der Waals surface area contributed by atoms with Gasteiger partial charge < -0.3 is 19.6 Å². The molecule has 0 spiro atoms. The summed E-state index contributed by atoms with van der Waals surface area (Å²) in [5.41, 5.74) is 27.6. The maximum atomic E-state index is 2.41. The number of hydrogen-bond donors (Lipinski definition) is 0. The lowest BCUT2D eigenvalue weighted by Gasteiger charge is -2.28. The molecule has 2 heterocycles. The van der Waals surface area contributed by atoms with E-state index in [4.69, 9.17) is 0 Å². The van der Waals surface area contributed by atoms with Gasteiger partial charge in [0.25, 0.3) is 0 Å². The highest BCUT2D eigenvalue weighted by Crippen LogP contribution is 2.50. The van der Waals surface area contributed by atoms with Gasteiger partial charge in [-0.3, -0.25) is 0 Å². The zero-order chi connectivity index (χ0) is 96.5. The quantitative estimate of drug-likeness (QED) is 0.0794. The van der Waals surface area contributed by atoms with Gasteiger partial charge in [0.05, 0.1) is 11.4 Å². The summed E-state index contributed by atoms with van der Waals surface area (Å²) in [6.45, 7) is 0. The minimum Gasteiger partial charge on any atom is -0.310 e. The summed E-state index contributed by atoms with van der Waals surface area (Å²) in [5.74, 6) is 0. The molecule has 0 amide bonds. The summed E-state index contributed by atoms with van der Waals surface area (Å²) in [6, 6.07) is 204. The topological polar surface area (TPSA) is 13.0 Å². The van der Waals surface area contributed by atoms with Crippen LogP contribution in [0.15, 0.2) is 558 Å². The number of anilines is 12. The summed E-state index contributed by atoms with van der Waals surface area (Å²) in [4.78, 5) is 9.52. The van der Waals surface area contributed by atoms with Crippen LogP contribution in [-0.2, 0) is 0 Å². The average Bonchev–Trinajstić information content (AvgIpc) is 1.14. The lowest BCUT2D eigenvalue weighted by atomic mass is 9.93. The highest BCUT2D eigenvalue weighted by atomic mass is 32.1. The molecule has 0 aliphatic carbocycles. The molecule has 0 aliphatic heterocycles. The predicted octanol–water partition coefficient (Wildman–Crippen LogP) is 41.2. The molecule has 0 radical (unpaired) electrons. The first kappa shape index (κ1) is 86.5. The van der Waals surface area contributed by atoms with Crippen LogP contribution in [0, 0.1) is 0 Å². The standard InChI is InChI=1S/2C70H46N2S/c1-3-15-52(16-4-1)72(53-17-5-2-6-18-53)68-43-42-57(58-19-11-12-24-64(58)68)50-33-38-55(39-34-50)71(56-40-41-63-61-22-8-7-20-59(61)60-21-9-10-23-62(60)66(63)46-56)54-36-31-48(32-37-54)47-27-29-49(30-28-47)51-35-44-70-67(45-51)65-25-13-14-26-69(65)73-70;1-2-15-54(16-3-1)72(68-23-12-14-52-13-4-5-17-59(52)68)57-40-33-50(34-41-57)49-31-38-56(39-32-49)71(58-42-43-64-62-20-7-6-18-60(62)61-19-8-9-21-63(61)66(64)46-58)55-36-29-48(30-37-55)47-25-27-51(28-26-47)53-35-44-70-67(45-53)65-22-10-11-24-69(65)73-70/h2*1-46H. The van der Waals surface area contributed by atoms with Crippen molar-refractivity contribution in [2.75, 3.05) is 19.6 Å². The van der Waals surface area contributed by atoms with Gasteiger partial charge in [0.2, 0.25) is 0 Å². The number of hydrogen-bond acceptors (Lipinski definition) is 6. The van der Waals surface area contributed by atoms with Gasteiger partial charge in [-0.05, 0) is 312 Å². The van der Waals surface area contributed by atoms with Crippen LogP contribution < -0.4 is 19.6 Å². The summed E-state index contributed by atoms with van der Waals surface area (Å²) < 4.78 is 5.31. The summed E-state index contributed by atoms with van der Waals surface area (Å²) in [5, 5.41) is 25.2. The Kier molecular flexibility index (Phi) is 22.0. The molecule has 2 aromatic heterocycles. The van der Waals surface area contributed by atoms with Crippen LogP contribution in [0.1, 0.15) is 0 Å². The van der Waals surface area contributed by atoms with Gasteiger partial charge in [0, 0.05) is 108 Å². The van der Waals surface area contributed by atoms with Crippen LogP contribution in [0.5, 0.6) is 0 Å². The molecule has 0 aliphatic rings. The normalized spacial score (nSPS) is 11.6. The number of rotatable bonds is 18. The molecular weight excluding hydrogens is 1800 g/mol. The Bertz CT molecular complexity index is 9670. The van der Waals surface area contributed by atoms with E-state index in [1.807, 2.05) is 22.7 Å². The lowest BCUT2D eigenvalue weighted by Crippen LogP contribution is -2.10. The van der Waals surface area contributed by atoms with Crippen molar-refractivity contribution in [1.29, 1.82) is 0 Å². The minimum atomic E-state index is 1.08. The number of thiophene rings is 2. The van der Waals surface area contributed by atoms with Gasteiger partial charge in [-0.1, -0.05) is 388 Å². The first-order valence-corrected chi connectivity index (χ1v) is 51.6. The summed E-state index contributed by atoms with van der Waals surface area (Å²) in [7, 11) is 0. The van der Waals surface area contributed by atoms with Gasteiger partial charge in [-0.15, -0.1) is 22.7 Å². The largest absolute Gasteiger partial charge is 0.310 e. The second-order valence-corrected chi connectivity index (χ2v) is 39.8. The fraction of sp³-hybridized carbons (Fsp3) is 0. The smallest absolute Gasteiger partial charge is 0.0540 e. The zero-order valence-corrected chi connectivity index (χ0v) is 81.4. The number of para-hydroxylation sites is 3. The van der Waals surface area contributed by atoms with Gasteiger partial charge in [-0.2, -0.15) is 0 Å². The van der Waals surface area contributed by atoms with E-state index in [2.05, 4.69) is 578 Å². The number of nitrogens with zero attached hydrogens (tertiary/aromatic N) is 4. The molecule has 26 aromatic carbocycles. The van der Waals surface area contributed by atoms with Crippen LogP contribution in [-0.4, -0.2) is 0 Å². The fourth-order valence-electron chi connectivity index (χ4n) is 22.2. The Balaban J connectivity index is 0.000000145. The Morgan fingerprint density at radius 3 is 0.719 bits per heavy atom. The van der Waals surface area contributed by atoms with E-state index in [9.17, 15) is 0 Å². The monoisotopic (exact) mass is 1890 g/mol. The third-order valence-corrected chi connectivity index (χ3v) is 31.6. The molecule has 0 bridgehead atoms. The second kappa shape index (κ2) is 37.1. The van der Waals surface area contributed by atoms with Crippen LogP contribution >= 0.6 is 22.7 Å². The van der Waals surface area contributed by atoms with E-state index in [1.165, 1.54) is 177 Å². The fourth-order valence-corrected chi connectivity index (χ4v) is 24.4. The van der Waals surface area contributed by atoms with E-state index in [1.54, 1.807) is 0 Å². The van der Waals surface area contributed by atoms with Crippen molar-refractivity contribution in [2.24, 2.45) is 0 Å². The maximum Gasteiger partial charge on any atom is 0.0540 e. The van der Waals surface area contributed by atoms with Crippen molar-refractivity contribution in [3.63, 3.8) is 0 Å². The average molecular weight is 1890 g/mol. The van der Waals surface area contributed by atoms with Crippen molar-refractivity contribution in [2.45, 2.75) is 0 Å². The highest BCUT2D eigenvalue weighted by molar-refractivity contribution is 7.26. The third-order valence-electron chi connectivity index (χ3n) is 29.3. The van der Waals surface area contributed by atoms with E-state index in [0.29, 0.717) is 0 Å². The van der Waals surface area contributed by atoms with E-state index in [-0.39, 0.29) is 0 Å². The molecule has 0 saturated carbocycles. The van der Waals surface area contributed by atoms with Crippen LogP contribution in [0.3, 0.4) is 0 Å². The van der Waals surface area contributed by atoms with Gasteiger partial charge in [0.1, 0.15) is 0 Å². The molecular formula is C140H92N4S2. The molecule has 0 saturated heterocycles. The summed E-state index contributed by atoms with van der Waals surface area (Å²) >= 11 is 3.72. The second-order valence-electron chi connectivity index (χ2n) is 37.7. The van der Waals surface area contributed by atoms with Crippen molar-refractivity contribution < 1.29 is 0 Å². The van der Waals surface area contributed by atoms with Crippen LogP contribution in [0.2, 0.25) is 0 Å².